The number of hydrogen-bond donors (Lipinski definition) is 1. The predicted molar refractivity (Wildman–Crippen MR) is 160 cm³/mol. The van der Waals surface area contributed by atoms with E-state index >= 15 is 0 Å². The minimum Gasteiger partial charge on any atom is -0.454 e. The minimum absolute atomic E-state index is 0.0984. The van der Waals surface area contributed by atoms with Crippen molar-refractivity contribution in [2.24, 2.45) is 5.92 Å². The van der Waals surface area contributed by atoms with Gasteiger partial charge in [0.1, 0.15) is 10.7 Å². The van der Waals surface area contributed by atoms with Gasteiger partial charge in [0.25, 0.3) is 5.91 Å². The molecule has 0 saturated heterocycles. The standard InChI is InChI=1S/C33H37N3O3S/c1-24(2)15-17-34-33(37)29-22-40-32(35-29)21-36(20-25-13-14-30-31(19-25)39-23-38-30)18-16-28(26-9-5-3-6-10-26)27-11-7-4-8-12-27/h3-14,19,22,24,28H,15-18,20-21,23H2,1-2H3,(H,34,37). The second-order valence-corrected chi connectivity index (χ2v) is 11.6. The smallest absolute Gasteiger partial charge is 0.270 e. The summed E-state index contributed by atoms with van der Waals surface area (Å²) in [4.78, 5) is 19.8. The minimum atomic E-state index is -0.0984. The Kier molecular flexibility index (Phi) is 9.47. The first-order valence-electron chi connectivity index (χ1n) is 14.0. The Morgan fingerprint density at radius 2 is 1.62 bits per heavy atom. The van der Waals surface area contributed by atoms with Crippen LogP contribution in [0, 0.1) is 5.92 Å². The van der Waals surface area contributed by atoms with Gasteiger partial charge < -0.3 is 14.8 Å². The summed E-state index contributed by atoms with van der Waals surface area (Å²) in [6.07, 6.45) is 1.91. The van der Waals surface area contributed by atoms with Crippen LogP contribution in [0.3, 0.4) is 0 Å². The summed E-state index contributed by atoms with van der Waals surface area (Å²) in [6.45, 7) is 7.50. The van der Waals surface area contributed by atoms with Gasteiger partial charge in [-0.05, 0) is 54.1 Å². The highest BCUT2D eigenvalue weighted by molar-refractivity contribution is 7.09. The Labute approximate surface area is 241 Å². The molecule has 6 nitrogen and oxygen atoms in total. The van der Waals surface area contributed by atoms with E-state index in [1.165, 1.54) is 11.1 Å². The normalized spacial score (nSPS) is 12.4. The van der Waals surface area contributed by atoms with E-state index in [1.807, 2.05) is 11.4 Å². The Hall–Kier alpha value is -3.68. The number of amides is 1. The highest BCUT2D eigenvalue weighted by atomic mass is 32.1. The monoisotopic (exact) mass is 555 g/mol. The maximum atomic E-state index is 12.6. The van der Waals surface area contributed by atoms with Crippen LogP contribution < -0.4 is 14.8 Å². The molecule has 208 valence electrons. The van der Waals surface area contributed by atoms with Crippen molar-refractivity contribution in [2.45, 2.75) is 45.7 Å². The van der Waals surface area contributed by atoms with Crippen LogP contribution in [0.15, 0.2) is 84.2 Å². The average Bonchev–Trinajstić information content (AvgIpc) is 3.63. The molecule has 0 aliphatic carbocycles. The quantitative estimate of drug-likeness (QED) is 0.195. The summed E-state index contributed by atoms with van der Waals surface area (Å²) in [5, 5.41) is 5.81. The van der Waals surface area contributed by atoms with Gasteiger partial charge in [-0.1, -0.05) is 80.6 Å². The van der Waals surface area contributed by atoms with Crippen LogP contribution >= 0.6 is 11.3 Å². The highest BCUT2D eigenvalue weighted by Crippen LogP contribution is 2.33. The molecule has 0 saturated carbocycles. The number of hydrogen-bond acceptors (Lipinski definition) is 6. The number of benzene rings is 3. The molecule has 0 spiro atoms. The Morgan fingerprint density at radius 3 is 2.33 bits per heavy atom. The van der Waals surface area contributed by atoms with E-state index in [1.54, 1.807) is 11.3 Å². The van der Waals surface area contributed by atoms with Gasteiger partial charge in [-0.2, -0.15) is 0 Å². The van der Waals surface area contributed by atoms with E-state index in [4.69, 9.17) is 14.5 Å². The molecule has 1 amide bonds. The third-order valence-electron chi connectivity index (χ3n) is 7.13. The number of thiazole rings is 1. The molecule has 1 aliphatic rings. The molecule has 1 N–H and O–H groups in total. The van der Waals surface area contributed by atoms with E-state index in [2.05, 4.69) is 96.9 Å². The topological polar surface area (TPSA) is 63.7 Å². The van der Waals surface area contributed by atoms with Gasteiger partial charge in [0, 0.05) is 24.4 Å². The largest absolute Gasteiger partial charge is 0.454 e. The van der Waals surface area contributed by atoms with Crippen molar-refractivity contribution >= 4 is 17.2 Å². The molecule has 7 heteroatoms. The fraction of sp³-hybridized carbons (Fsp3) is 0.333. The van der Waals surface area contributed by atoms with Crippen molar-refractivity contribution in [3.05, 3.63) is 112 Å². The maximum absolute atomic E-state index is 12.6. The number of nitrogens with zero attached hydrogens (tertiary/aromatic N) is 2. The maximum Gasteiger partial charge on any atom is 0.270 e. The highest BCUT2D eigenvalue weighted by Gasteiger charge is 2.20. The summed E-state index contributed by atoms with van der Waals surface area (Å²) in [5.41, 5.74) is 4.28. The van der Waals surface area contributed by atoms with E-state index in [9.17, 15) is 4.79 Å². The van der Waals surface area contributed by atoms with Gasteiger partial charge in [0.2, 0.25) is 6.79 Å². The van der Waals surface area contributed by atoms with Crippen molar-refractivity contribution in [3.8, 4) is 11.5 Å². The molecule has 0 unspecified atom stereocenters. The second-order valence-electron chi connectivity index (χ2n) is 10.6. The number of nitrogens with one attached hydrogen (secondary N) is 1. The van der Waals surface area contributed by atoms with Crippen molar-refractivity contribution in [2.75, 3.05) is 19.9 Å². The van der Waals surface area contributed by atoms with Crippen LogP contribution in [-0.4, -0.2) is 35.7 Å². The molecular weight excluding hydrogens is 518 g/mol. The van der Waals surface area contributed by atoms with Gasteiger partial charge in [-0.25, -0.2) is 4.98 Å². The Morgan fingerprint density at radius 1 is 0.925 bits per heavy atom. The van der Waals surface area contributed by atoms with E-state index in [-0.39, 0.29) is 18.6 Å². The molecule has 5 rings (SSSR count). The molecule has 4 aromatic rings. The van der Waals surface area contributed by atoms with Crippen LogP contribution in [0.5, 0.6) is 11.5 Å². The fourth-order valence-electron chi connectivity index (χ4n) is 4.96. The SMILES string of the molecule is CC(C)CCNC(=O)c1csc(CN(CCC(c2ccccc2)c2ccccc2)Cc2ccc3c(c2)OCO3)n1. The molecule has 3 aromatic carbocycles. The van der Waals surface area contributed by atoms with Crippen molar-refractivity contribution in [1.29, 1.82) is 0 Å². The van der Waals surface area contributed by atoms with Crippen molar-refractivity contribution in [3.63, 3.8) is 0 Å². The lowest BCUT2D eigenvalue weighted by Gasteiger charge is -2.25. The number of carbonyl (C=O) groups excluding carboxylic acids is 1. The Bertz CT molecular complexity index is 1330. The first kappa shape index (κ1) is 27.9. The number of aromatic nitrogens is 1. The zero-order valence-corrected chi connectivity index (χ0v) is 24.0. The third kappa shape index (κ3) is 7.49. The van der Waals surface area contributed by atoms with Gasteiger partial charge >= 0.3 is 0 Å². The molecular formula is C33H37N3O3S. The van der Waals surface area contributed by atoms with Gasteiger partial charge in [0.05, 0.1) is 6.54 Å². The van der Waals surface area contributed by atoms with E-state index < -0.39 is 0 Å². The molecule has 0 radical (unpaired) electrons. The zero-order chi connectivity index (χ0) is 27.7. The van der Waals surface area contributed by atoms with Gasteiger partial charge in [0.15, 0.2) is 11.5 Å². The van der Waals surface area contributed by atoms with E-state index in [0.717, 1.165) is 48.0 Å². The summed E-state index contributed by atoms with van der Waals surface area (Å²) in [6, 6.07) is 27.6. The lowest BCUT2D eigenvalue weighted by Crippen LogP contribution is -2.27. The number of rotatable bonds is 13. The van der Waals surface area contributed by atoms with E-state index in [0.29, 0.717) is 24.7 Å². The zero-order valence-electron chi connectivity index (χ0n) is 23.2. The molecule has 0 bridgehead atoms. The number of ether oxygens (including phenoxy) is 2. The molecule has 40 heavy (non-hydrogen) atoms. The van der Waals surface area contributed by atoms with Gasteiger partial charge in [-0.3, -0.25) is 9.69 Å². The number of fused-ring (bicyclic) bond motifs is 1. The average molecular weight is 556 g/mol. The molecule has 2 heterocycles. The molecule has 1 aliphatic heterocycles. The van der Waals surface area contributed by atoms with Crippen molar-refractivity contribution in [1.82, 2.24) is 15.2 Å². The number of carbonyl (C=O) groups is 1. The predicted octanol–water partition coefficient (Wildman–Crippen LogP) is 6.87. The first-order chi connectivity index (χ1) is 19.5. The van der Waals surface area contributed by atoms with Crippen LogP contribution in [0.25, 0.3) is 0 Å². The van der Waals surface area contributed by atoms with Crippen LogP contribution in [0.1, 0.15) is 64.8 Å². The third-order valence-corrected chi connectivity index (χ3v) is 7.97. The van der Waals surface area contributed by atoms with Crippen LogP contribution in [0.2, 0.25) is 0 Å². The van der Waals surface area contributed by atoms with Crippen LogP contribution in [-0.2, 0) is 13.1 Å². The lowest BCUT2D eigenvalue weighted by molar-refractivity contribution is 0.0947. The van der Waals surface area contributed by atoms with Crippen molar-refractivity contribution < 1.29 is 14.3 Å². The molecule has 0 atom stereocenters. The Balaban J connectivity index is 1.33. The molecule has 0 fully saturated rings. The summed E-state index contributed by atoms with van der Waals surface area (Å²) >= 11 is 1.55. The first-order valence-corrected chi connectivity index (χ1v) is 14.9. The molecule has 1 aromatic heterocycles. The van der Waals surface area contributed by atoms with Crippen LogP contribution in [0.4, 0.5) is 0 Å². The summed E-state index contributed by atoms with van der Waals surface area (Å²) in [7, 11) is 0. The second kappa shape index (κ2) is 13.6. The summed E-state index contributed by atoms with van der Waals surface area (Å²) < 4.78 is 11.1. The summed E-state index contributed by atoms with van der Waals surface area (Å²) in [5.74, 6) is 2.31. The lowest BCUT2D eigenvalue weighted by atomic mass is 9.88. The fourth-order valence-corrected chi connectivity index (χ4v) is 5.78. The van der Waals surface area contributed by atoms with Gasteiger partial charge in [-0.15, -0.1) is 11.3 Å².